The number of nitrogens with two attached hydrogens (primary N) is 1. The number of carbonyl (C=O) groups is 1. The number of rotatable bonds is 1. The van der Waals surface area contributed by atoms with Crippen molar-refractivity contribution in [3.63, 3.8) is 0 Å². The van der Waals surface area contributed by atoms with Crippen LogP contribution < -0.4 is 5.73 Å². The van der Waals surface area contributed by atoms with E-state index in [1.54, 1.807) is 11.9 Å². The number of hydrogen-bond acceptors (Lipinski definition) is 2. The zero-order chi connectivity index (χ0) is 8.27. The van der Waals surface area contributed by atoms with Gasteiger partial charge in [0.25, 0.3) is 0 Å². The van der Waals surface area contributed by atoms with E-state index in [2.05, 4.69) is 0 Å². The van der Waals surface area contributed by atoms with Crippen molar-refractivity contribution < 1.29 is 9.53 Å². The van der Waals surface area contributed by atoms with Gasteiger partial charge in [0, 0.05) is 13.7 Å². The summed E-state index contributed by atoms with van der Waals surface area (Å²) < 4.78 is 5.20. The zero-order valence-electron chi connectivity index (χ0n) is 6.75. The summed E-state index contributed by atoms with van der Waals surface area (Å²) >= 11 is 0. The lowest BCUT2D eigenvalue weighted by molar-refractivity contribution is 0.0403. The number of hydrogen-bond donors (Lipinski definition) is 1. The minimum absolute atomic E-state index is 0.182. The molecule has 1 aliphatic heterocycles. The highest BCUT2D eigenvalue weighted by Gasteiger charge is 2.20. The Morgan fingerprint density at radius 3 is 2.91 bits per heavy atom. The molecular formula is C7H14N2O2. The van der Waals surface area contributed by atoms with E-state index < -0.39 is 0 Å². The molecule has 0 aliphatic carbocycles. The third-order valence-electron chi connectivity index (χ3n) is 2.03. The number of carbonyl (C=O) groups excluding carboxylic acids is 1. The van der Waals surface area contributed by atoms with Crippen LogP contribution in [0, 0.1) is 0 Å². The minimum Gasteiger partial charge on any atom is -0.379 e. The molecule has 1 atom stereocenters. The van der Waals surface area contributed by atoms with E-state index in [4.69, 9.17) is 10.5 Å². The molecule has 11 heavy (non-hydrogen) atoms. The average Bonchev–Trinajstić information content (AvgIpc) is 2.05. The number of urea groups is 1. The van der Waals surface area contributed by atoms with Crippen LogP contribution >= 0.6 is 0 Å². The molecule has 1 unspecified atom stereocenters. The Morgan fingerprint density at radius 2 is 2.45 bits per heavy atom. The minimum atomic E-state index is -0.375. The SMILES string of the molecule is CN(C(N)=O)C1CCCOC1. The van der Waals surface area contributed by atoms with Gasteiger partial charge in [-0.2, -0.15) is 0 Å². The summed E-state index contributed by atoms with van der Waals surface area (Å²) in [6.45, 7) is 1.43. The van der Waals surface area contributed by atoms with Crippen molar-refractivity contribution in [2.75, 3.05) is 20.3 Å². The molecule has 0 bridgehead atoms. The summed E-state index contributed by atoms with van der Waals surface area (Å²) in [7, 11) is 1.71. The van der Waals surface area contributed by atoms with Gasteiger partial charge in [-0.05, 0) is 12.8 Å². The van der Waals surface area contributed by atoms with Crippen LogP contribution in [0.5, 0.6) is 0 Å². The highest BCUT2D eigenvalue weighted by Crippen LogP contribution is 2.10. The Morgan fingerprint density at radius 1 is 1.73 bits per heavy atom. The summed E-state index contributed by atoms with van der Waals surface area (Å²) in [6.07, 6.45) is 2.02. The number of amides is 2. The molecule has 2 amide bonds. The monoisotopic (exact) mass is 158 g/mol. The second-order valence-corrected chi connectivity index (χ2v) is 2.82. The highest BCUT2D eigenvalue weighted by molar-refractivity contribution is 5.72. The third-order valence-corrected chi connectivity index (χ3v) is 2.03. The van der Waals surface area contributed by atoms with Crippen LogP contribution in [0.25, 0.3) is 0 Å². The predicted octanol–water partition coefficient (Wildman–Crippen LogP) is 0.176. The van der Waals surface area contributed by atoms with E-state index in [0.29, 0.717) is 6.61 Å². The molecule has 0 aromatic carbocycles. The molecule has 1 aliphatic rings. The van der Waals surface area contributed by atoms with Gasteiger partial charge in [-0.15, -0.1) is 0 Å². The number of primary amides is 1. The molecule has 0 aromatic rings. The summed E-state index contributed by atoms with van der Waals surface area (Å²) in [4.78, 5) is 12.2. The molecule has 0 saturated carbocycles. The standard InChI is InChI=1S/C7H14N2O2/c1-9(7(8)10)6-3-2-4-11-5-6/h6H,2-5H2,1H3,(H2,8,10). The normalized spacial score (nSPS) is 24.6. The molecule has 64 valence electrons. The van der Waals surface area contributed by atoms with Crippen molar-refractivity contribution >= 4 is 6.03 Å². The van der Waals surface area contributed by atoms with Gasteiger partial charge in [-0.3, -0.25) is 0 Å². The van der Waals surface area contributed by atoms with Crippen molar-refractivity contribution in [2.45, 2.75) is 18.9 Å². The van der Waals surface area contributed by atoms with E-state index >= 15 is 0 Å². The fourth-order valence-electron chi connectivity index (χ4n) is 1.21. The zero-order valence-corrected chi connectivity index (χ0v) is 6.75. The Hall–Kier alpha value is -0.770. The Balaban J connectivity index is 2.38. The van der Waals surface area contributed by atoms with E-state index in [1.165, 1.54) is 0 Å². The van der Waals surface area contributed by atoms with Gasteiger partial charge in [0.1, 0.15) is 0 Å². The molecule has 1 rings (SSSR count). The molecule has 0 aromatic heterocycles. The van der Waals surface area contributed by atoms with Crippen molar-refractivity contribution in [1.82, 2.24) is 4.90 Å². The van der Waals surface area contributed by atoms with E-state index in [0.717, 1.165) is 19.4 Å². The van der Waals surface area contributed by atoms with E-state index in [-0.39, 0.29) is 12.1 Å². The quantitative estimate of drug-likeness (QED) is 0.591. The Labute approximate surface area is 66.3 Å². The first-order chi connectivity index (χ1) is 5.22. The van der Waals surface area contributed by atoms with Gasteiger partial charge in [-0.1, -0.05) is 0 Å². The lowest BCUT2D eigenvalue weighted by Crippen LogP contribution is -2.44. The van der Waals surface area contributed by atoms with Gasteiger partial charge < -0.3 is 15.4 Å². The average molecular weight is 158 g/mol. The van der Waals surface area contributed by atoms with Crippen LogP contribution in [0.1, 0.15) is 12.8 Å². The van der Waals surface area contributed by atoms with Crippen LogP contribution in [-0.2, 0) is 4.74 Å². The lowest BCUT2D eigenvalue weighted by atomic mass is 10.1. The largest absolute Gasteiger partial charge is 0.379 e. The van der Waals surface area contributed by atoms with E-state index in [9.17, 15) is 4.79 Å². The van der Waals surface area contributed by atoms with Crippen LogP contribution in [0.2, 0.25) is 0 Å². The van der Waals surface area contributed by atoms with Crippen molar-refractivity contribution in [1.29, 1.82) is 0 Å². The Kier molecular flexibility index (Phi) is 2.70. The Bertz CT molecular complexity index is 143. The fourth-order valence-corrected chi connectivity index (χ4v) is 1.21. The van der Waals surface area contributed by atoms with Crippen molar-refractivity contribution in [3.8, 4) is 0 Å². The molecular weight excluding hydrogens is 144 g/mol. The molecule has 1 fully saturated rings. The lowest BCUT2D eigenvalue weighted by Gasteiger charge is -2.29. The number of ether oxygens (including phenoxy) is 1. The second-order valence-electron chi connectivity index (χ2n) is 2.82. The smallest absolute Gasteiger partial charge is 0.314 e. The van der Waals surface area contributed by atoms with Crippen molar-refractivity contribution in [2.24, 2.45) is 5.73 Å². The maximum atomic E-state index is 10.7. The maximum absolute atomic E-state index is 10.7. The second kappa shape index (κ2) is 3.57. The maximum Gasteiger partial charge on any atom is 0.314 e. The van der Waals surface area contributed by atoms with Gasteiger partial charge in [0.15, 0.2) is 0 Å². The molecule has 1 heterocycles. The third kappa shape index (κ3) is 2.08. The molecule has 1 saturated heterocycles. The van der Waals surface area contributed by atoms with Gasteiger partial charge >= 0.3 is 6.03 Å². The summed E-state index contributed by atoms with van der Waals surface area (Å²) in [5, 5.41) is 0. The summed E-state index contributed by atoms with van der Waals surface area (Å²) in [6, 6.07) is -0.193. The molecule has 4 nitrogen and oxygen atoms in total. The van der Waals surface area contributed by atoms with Crippen LogP contribution in [-0.4, -0.2) is 37.2 Å². The summed E-state index contributed by atoms with van der Waals surface area (Å²) in [5.74, 6) is 0. The van der Waals surface area contributed by atoms with Gasteiger partial charge in [-0.25, -0.2) is 4.79 Å². The van der Waals surface area contributed by atoms with Crippen LogP contribution in [0.4, 0.5) is 4.79 Å². The molecule has 0 spiro atoms. The first-order valence-corrected chi connectivity index (χ1v) is 3.82. The molecule has 2 N–H and O–H groups in total. The van der Waals surface area contributed by atoms with E-state index in [1.807, 2.05) is 0 Å². The van der Waals surface area contributed by atoms with Crippen LogP contribution in [0.15, 0.2) is 0 Å². The van der Waals surface area contributed by atoms with Gasteiger partial charge in [0.05, 0.1) is 12.6 Å². The summed E-state index contributed by atoms with van der Waals surface area (Å²) in [5.41, 5.74) is 5.10. The first-order valence-electron chi connectivity index (χ1n) is 3.82. The highest BCUT2D eigenvalue weighted by atomic mass is 16.5. The number of likely N-dealkylation sites (N-methyl/N-ethyl adjacent to an activating group) is 1. The van der Waals surface area contributed by atoms with Crippen molar-refractivity contribution in [3.05, 3.63) is 0 Å². The fraction of sp³-hybridized carbons (Fsp3) is 0.857. The van der Waals surface area contributed by atoms with Gasteiger partial charge in [0.2, 0.25) is 0 Å². The molecule has 0 radical (unpaired) electrons. The number of nitrogens with zero attached hydrogens (tertiary/aromatic N) is 1. The van der Waals surface area contributed by atoms with Crippen LogP contribution in [0.3, 0.4) is 0 Å². The molecule has 4 heteroatoms. The first kappa shape index (κ1) is 8.33. The topological polar surface area (TPSA) is 55.6 Å². The predicted molar refractivity (Wildman–Crippen MR) is 41.2 cm³/mol.